The van der Waals surface area contributed by atoms with E-state index < -0.39 is 0 Å². The van der Waals surface area contributed by atoms with Crippen molar-refractivity contribution in [1.82, 2.24) is 10.3 Å². The molecule has 268 valence electrons. The molecule has 1 aliphatic heterocycles. The maximum absolute atomic E-state index is 5.18. The molecule has 14 rings (SSSR count). The number of allylic oxidation sites excluding steroid dienone is 4. The van der Waals surface area contributed by atoms with Crippen molar-refractivity contribution in [3.05, 3.63) is 210 Å². The van der Waals surface area contributed by atoms with Crippen LogP contribution < -0.4 is 5.32 Å². The zero-order chi connectivity index (χ0) is 37.6. The van der Waals surface area contributed by atoms with E-state index in [2.05, 4.69) is 175 Å². The summed E-state index contributed by atoms with van der Waals surface area (Å²) in [5.74, 6) is 0.188. The van der Waals surface area contributed by atoms with Gasteiger partial charge in [0.05, 0.1) is 11.7 Å². The molecule has 1 aromatic heterocycles. The Balaban J connectivity index is 0.909. The standard InChI is InChI=1S/C56H34N2/c1-3-11-35-31(9-1)27-49-37-21-19-33(25-47(37)41-15-5-13-39(35)53(41)49)45-29-51-52(55-43(45)17-7-23-57-55)30-46(44-18-8-24-58-56(44)51)34-20-22-38-48(26-34)42-16-6-14-40-36-12-4-2-10-32(36)28-50(38)54(40)42/h1-29,46,55,57H,30H2. The molecule has 2 unspecified atom stereocenters. The fourth-order valence-electron chi connectivity index (χ4n) is 11.4. The van der Waals surface area contributed by atoms with Crippen LogP contribution in [-0.4, -0.2) is 11.0 Å². The molecule has 1 N–H and O–H groups in total. The second-order valence-corrected chi connectivity index (χ2v) is 16.6. The summed E-state index contributed by atoms with van der Waals surface area (Å²) in [6.07, 6.45) is 12.0. The van der Waals surface area contributed by atoms with E-state index in [-0.39, 0.29) is 12.0 Å². The average molecular weight is 735 g/mol. The van der Waals surface area contributed by atoms with Gasteiger partial charge in [0.2, 0.25) is 0 Å². The Bertz CT molecular complexity index is 3520. The van der Waals surface area contributed by atoms with E-state index in [1.807, 2.05) is 6.20 Å². The Morgan fingerprint density at radius 2 is 1.21 bits per heavy atom. The topological polar surface area (TPSA) is 24.9 Å². The lowest BCUT2D eigenvalue weighted by atomic mass is 9.69. The van der Waals surface area contributed by atoms with Crippen molar-refractivity contribution in [2.75, 3.05) is 0 Å². The van der Waals surface area contributed by atoms with E-state index in [1.165, 1.54) is 127 Å². The predicted molar refractivity (Wildman–Crippen MR) is 242 cm³/mol. The fraction of sp³-hybridized carbons (Fsp3) is 0.0536. The number of hydrogen-bond donors (Lipinski definition) is 1. The van der Waals surface area contributed by atoms with Crippen LogP contribution in [0.25, 0.3) is 98.7 Å². The van der Waals surface area contributed by atoms with Crippen molar-refractivity contribution in [1.29, 1.82) is 0 Å². The zero-order valence-corrected chi connectivity index (χ0v) is 31.6. The lowest BCUT2D eigenvalue weighted by Gasteiger charge is -2.38. The van der Waals surface area contributed by atoms with E-state index in [0.29, 0.717) is 0 Å². The summed E-state index contributed by atoms with van der Waals surface area (Å²) < 4.78 is 0. The Kier molecular flexibility index (Phi) is 5.95. The largest absolute Gasteiger partial charge is 0.380 e. The molecule has 58 heavy (non-hydrogen) atoms. The van der Waals surface area contributed by atoms with Crippen LogP contribution in [0.5, 0.6) is 0 Å². The van der Waals surface area contributed by atoms with Crippen molar-refractivity contribution in [3.8, 4) is 44.5 Å². The minimum absolute atomic E-state index is 0.0664. The number of pyridine rings is 1. The lowest BCUT2D eigenvalue weighted by molar-refractivity contribution is 0.668. The molecule has 2 heteroatoms. The number of benzene rings is 8. The van der Waals surface area contributed by atoms with Gasteiger partial charge in [-0.2, -0.15) is 0 Å². The van der Waals surface area contributed by atoms with Crippen LogP contribution in [0, 0.1) is 0 Å². The molecule has 0 spiro atoms. The number of dihydropyridines is 1. The molecule has 9 aromatic rings. The van der Waals surface area contributed by atoms with Gasteiger partial charge in [-0.05, 0) is 176 Å². The minimum atomic E-state index is 0.0664. The van der Waals surface area contributed by atoms with Gasteiger partial charge in [-0.15, -0.1) is 0 Å². The first-order valence-electron chi connectivity index (χ1n) is 20.5. The van der Waals surface area contributed by atoms with Gasteiger partial charge in [0, 0.05) is 17.7 Å². The number of nitrogens with zero attached hydrogens (tertiary/aromatic N) is 1. The highest BCUT2D eigenvalue weighted by molar-refractivity contribution is 6.25. The summed E-state index contributed by atoms with van der Waals surface area (Å²) in [5.41, 5.74) is 20.9. The van der Waals surface area contributed by atoms with E-state index in [1.54, 1.807) is 0 Å². The highest BCUT2D eigenvalue weighted by atomic mass is 14.9. The zero-order valence-electron chi connectivity index (χ0n) is 31.6. The van der Waals surface area contributed by atoms with Crippen LogP contribution in [0.4, 0.5) is 0 Å². The monoisotopic (exact) mass is 734 g/mol. The molecule has 5 aliphatic rings. The first-order chi connectivity index (χ1) is 28.8. The highest BCUT2D eigenvalue weighted by Gasteiger charge is 2.38. The molecule has 0 saturated heterocycles. The van der Waals surface area contributed by atoms with E-state index in [4.69, 9.17) is 4.98 Å². The third-order valence-electron chi connectivity index (χ3n) is 13.8. The number of rotatable bonds is 2. The number of nitrogens with one attached hydrogen (secondary N) is 1. The van der Waals surface area contributed by atoms with Crippen LogP contribution in [0.2, 0.25) is 0 Å². The van der Waals surface area contributed by atoms with Gasteiger partial charge in [-0.25, -0.2) is 0 Å². The van der Waals surface area contributed by atoms with Crippen molar-refractivity contribution in [2.24, 2.45) is 0 Å². The molecule has 2 atom stereocenters. The molecule has 0 fully saturated rings. The summed E-state index contributed by atoms with van der Waals surface area (Å²) in [7, 11) is 0. The van der Waals surface area contributed by atoms with Gasteiger partial charge < -0.3 is 5.32 Å². The second kappa shape index (κ2) is 11.2. The van der Waals surface area contributed by atoms with E-state index in [0.717, 1.165) is 12.1 Å². The second-order valence-electron chi connectivity index (χ2n) is 16.6. The summed E-state index contributed by atoms with van der Waals surface area (Å²) >= 11 is 0. The Morgan fingerprint density at radius 3 is 1.95 bits per heavy atom. The van der Waals surface area contributed by atoms with Gasteiger partial charge >= 0.3 is 0 Å². The van der Waals surface area contributed by atoms with Crippen LogP contribution >= 0.6 is 0 Å². The minimum Gasteiger partial charge on any atom is -0.380 e. The van der Waals surface area contributed by atoms with Crippen molar-refractivity contribution >= 4 is 54.2 Å². The van der Waals surface area contributed by atoms with Crippen LogP contribution in [0.3, 0.4) is 0 Å². The van der Waals surface area contributed by atoms with Gasteiger partial charge in [-0.3, -0.25) is 4.98 Å². The van der Waals surface area contributed by atoms with Gasteiger partial charge in [0.1, 0.15) is 0 Å². The highest BCUT2D eigenvalue weighted by Crippen LogP contribution is 2.55. The number of fused-ring (bicyclic) bond motifs is 14. The molecule has 0 amide bonds. The smallest absolute Gasteiger partial charge is 0.0740 e. The first kappa shape index (κ1) is 30.9. The average Bonchev–Trinajstić information content (AvgIpc) is 3.78. The number of hydrogen-bond acceptors (Lipinski definition) is 2. The Hall–Kier alpha value is -7.29. The lowest BCUT2D eigenvalue weighted by Crippen LogP contribution is -2.36. The molecule has 8 aromatic carbocycles. The third kappa shape index (κ3) is 3.99. The Labute approximate surface area is 335 Å². The SMILES string of the molecule is C1=CNC2C(=C1)C(c1ccc3c(c1)-c1cccc4c1c-3cc1ccccc14)=CC1=C2CC(c2ccc3c(c2)-c2cccc4c2c-3cc2ccccc24)c2cccnc21. The third-order valence-corrected chi connectivity index (χ3v) is 13.8. The van der Waals surface area contributed by atoms with Gasteiger partial charge in [0.15, 0.2) is 0 Å². The Morgan fingerprint density at radius 1 is 0.534 bits per heavy atom. The maximum Gasteiger partial charge on any atom is 0.0740 e. The first-order valence-corrected chi connectivity index (χ1v) is 20.5. The van der Waals surface area contributed by atoms with Crippen LogP contribution in [-0.2, 0) is 0 Å². The molecule has 0 radical (unpaired) electrons. The summed E-state index contributed by atoms with van der Waals surface area (Å²) in [6, 6.07) is 55.0. The molecule has 0 saturated carbocycles. The van der Waals surface area contributed by atoms with Crippen molar-refractivity contribution in [2.45, 2.75) is 18.4 Å². The maximum atomic E-state index is 5.18. The molecular formula is C56H34N2. The summed E-state index contributed by atoms with van der Waals surface area (Å²) in [6.45, 7) is 0. The normalized spacial score (nSPS) is 17.8. The van der Waals surface area contributed by atoms with Crippen LogP contribution in [0.15, 0.2) is 187 Å². The van der Waals surface area contributed by atoms with Gasteiger partial charge in [-0.1, -0.05) is 121 Å². The quantitative estimate of drug-likeness (QED) is 0.179. The number of aromatic nitrogens is 1. The molecule has 0 bridgehead atoms. The molecule has 4 aliphatic carbocycles. The fourth-order valence-corrected chi connectivity index (χ4v) is 11.4. The van der Waals surface area contributed by atoms with Crippen LogP contribution in [0.1, 0.15) is 34.7 Å². The molecule has 2 nitrogen and oxygen atoms in total. The predicted octanol–water partition coefficient (Wildman–Crippen LogP) is 13.8. The van der Waals surface area contributed by atoms with E-state index in [9.17, 15) is 0 Å². The molecule has 2 heterocycles. The summed E-state index contributed by atoms with van der Waals surface area (Å²) in [4.78, 5) is 5.18. The molecular weight excluding hydrogens is 701 g/mol. The van der Waals surface area contributed by atoms with Gasteiger partial charge in [0.25, 0.3) is 0 Å². The summed E-state index contributed by atoms with van der Waals surface area (Å²) in [5, 5.41) is 14.5. The van der Waals surface area contributed by atoms with Crippen molar-refractivity contribution < 1.29 is 0 Å². The van der Waals surface area contributed by atoms with Crippen molar-refractivity contribution in [3.63, 3.8) is 0 Å². The van der Waals surface area contributed by atoms with E-state index >= 15 is 0 Å².